The maximum absolute atomic E-state index is 12.6. The Balaban J connectivity index is 1.50. The average molecular weight is 466 g/mol. The van der Waals surface area contributed by atoms with Crippen LogP contribution in [-0.4, -0.2) is 41.9 Å². The van der Waals surface area contributed by atoms with Crippen LogP contribution in [0.5, 0.6) is 11.5 Å². The van der Waals surface area contributed by atoms with Gasteiger partial charge in [0.15, 0.2) is 0 Å². The van der Waals surface area contributed by atoms with Gasteiger partial charge in [-0.15, -0.1) is 11.3 Å². The minimum Gasteiger partial charge on any atom is -0.497 e. The number of aryl methyl sites for hydroxylation is 1. The quantitative estimate of drug-likeness (QED) is 0.445. The molecule has 3 aromatic rings. The van der Waals surface area contributed by atoms with E-state index in [9.17, 15) is 9.59 Å². The summed E-state index contributed by atoms with van der Waals surface area (Å²) in [5, 5.41) is 5.78. The van der Waals surface area contributed by atoms with Crippen molar-refractivity contribution < 1.29 is 19.1 Å². The number of likely N-dealkylation sites (N-methyl/N-ethyl adjacent to an activating group) is 1. The molecule has 0 aliphatic carbocycles. The number of amides is 2. The number of ether oxygens (including phenoxy) is 2. The molecule has 172 valence electrons. The van der Waals surface area contributed by atoms with Crippen molar-refractivity contribution >= 4 is 34.9 Å². The summed E-state index contributed by atoms with van der Waals surface area (Å²) in [5.74, 6) is 0.939. The molecular weight excluding hydrogens is 438 g/mol. The van der Waals surface area contributed by atoms with Gasteiger partial charge in [-0.2, -0.15) is 0 Å². The van der Waals surface area contributed by atoms with Crippen molar-refractivity contribution in [1.82, 2.24) is 9.88 Å². The molecule has 3 rings (SSSR count). The SMILES string of the molecule is CCN(CC(=O)Nc1ccc(OC)cc1)C(=O)/C=C/c1ccc(OCc2csc(C)n2)cc1. The normalized spacial score (nSPS) is 10.8. The van der Waals surface area contributed by atoms with Crippen LogP contribution in [0.4, 0.5) is 5.69 Å². The number of carbonyl (C=O) groups excluding carboxylic acids is 2. The summed E-state index contributed by atoms with van der Waals surface area (Å²) < 4.78 is 10.8. The Morgan fingerprint density at radius 3 is 2.39 bits per heavy atom. The summed E-state index contributed by atoms with van der Waals surface area (Å²) in [6, 6.07) is 14.5. The zero-order valence-corrected chi connectivity index (χ0v) is 19.7. The summed E-state index contributed by atoms with van der Waals surface area (Å²) in [5.41, 5.74) is 2.41. The van der Waals surface area contributed by atoms with E-state index >= 15 is 0 Å². The van der Waals surface area contributed by atoms with Gasteiger partial charge in [-0.25, -0.2) is 4.98 Å². The van der Waals surface area contributed by atoms with Crippen LogP contribution in [0.2, 0.25) is 0 Å². The van der Waals surface area contributed by atoms with Crippen molar-refractivity contribution in [3.05, 3.63) is 76.3 Å². The topological polar surface area (TPSA) is 80.8 Å². The van der Waals surface area contributed by atoms with Gasteiger partial charge in [-0.05, 0) is 61.9 Å². The van der Waals surface area contributed by atoms with Gasteiger partial charge < -0.3 is 19.7 Å². The summed E-state index contributed by atoms with van der Waals surface area (Å²) in [6.45, 7) is 4.60. The first kappa shape index (κ1) is 24.0. The predicted molar refractivity (Wildman–Crippen MR) is 131 cm³/mol. The van der Waals surface area contributed by atoms with E-state index in [0.29, 0.717) is 24.6 Å². The average Bonchev–Trinajstić information content (AvgIpc) is 3.25. The van der Waals surface area contributed by atoms with E-state index in [-0.39, 0.29) is 18.4 Å². The molecule has 0 bridgehead atoms. The van der Waals surface area contributed by atoms with Gasteiger partial charge in [0, 0.05) is 23.7 Å². The number of hydrogen-bond donors (Lipinski definition) is 1. The Hall–Kier alpha value is -3.65. The Kier molecular flexibility index (Phi) is 8.60. The maximum Gasteiger partial charge on any atom is 0.247 e. The summed E-state index contributed by atoms with van der Waals surface area (Å²) in [6.07, 6.45) is 3.19. The fourth-order valence-electron chi connectivity index (χ4n) is 2.97. The number of rotatable bonds is 10. The Labute approximate surface area is 197 Å². The standard InChI is InChI=1S/C25H27N3O4S/c1-4-28(15-24(29)27-20-8-12-22(31-3)13-9-20)25(30)14-7-19-5-10-23(11-6-19)32-16-21-17-33-18(2)26-21/h5-14,17H,4,15-16H2,1-3H3,(H,27,29)/b14-7+. The number of thiazole rings is 1. The highest BCUT2D eigenvalue weighted by molar-refractivity contribution is 7.09. The lowest BCUT2D eigenvalue weighted by Crippen LogP contribution is -2.36. The van der Waals surface area contributed by atoms with Crippen LogP contribution in [0.25, 0.3) is 6.08 Å². The third kappa shape index (κ3) is 7.47. The number of carbonyl (C=O) groups is 2. The summed E-state index contributed by atoms with van der Waals surface area (Å²) >= 11 is 1.59. The molecule has 0 atom stereocenters. The van der Waals surface area contributed by atoms with Gasteiger partial charge in [0.2, 0.25) is 11.8 Å². The van der Waals surface area contributed by atoms with Gasteiger partial charge in [0.1, 0.15) is 24.7 Å². The van der Waals surface area contributed by atoms with E-state index in [4.69, 9.17) is 9.47 Å². The molecule has 0 unspecified atom stereocenters. The lowest BCUT2D eigenvalue weighted by molar-refractivity contribution is -0.130. The van der Waals surface area contributed by atoms with Gasteiger partial charge in [-0.1, -0.05) is 12.1 Å². The van der Waals surface area contributed by atoms with Crippen molar-refractivity contribution in [3.8, 4) is 11.5 Å². The minimum absolute atomic E-state index is 0.0332. The Morgan fingerprint density at radius 1 is 1.09 bits per heavy atom. The predicted octanol–water partition coefficient (Wildman–Crippen LogP) is 4.54. The molecule has 1 N–H and O–H groups in total. The highest BCUT2D eigenvalue weighted by atomic mass is 32.1. The Bertz CT molecular complexity index is 1090. The number of methoxy groups -OCH3 is 1. The third-order valence-electron chi connectivity index (χ3n) is 4.75. The molecule has 0 saturated heterocycles. The number of benzene rings is 2. The second-order valence-electron chi connectivity index (χ2n) is 7.18. The van der Waals surface area contributed by atoms with E-state index in [2.05, 4.69) is 10.3 Å². The van der Waals surface area contributed by atoms with E-state index in [1.165, 1.54) is 11.0 Å². The second-order valence-corrected chi connectivity index (χ2v) is 8.24. The van der Waals surface area contributed by atoms with Gasteiger partial charge in [0.25, 0.3) is 0 Å². The highest BCUT2D eigenvalue weighted by Crippen LogP contribution is 2.17. The van der Waals surface area contributed by atoms with E-state index in [1.54, 1.807) is 48.8 Å². The Morgan fingerprint density at radius 2 is 1.79 bits per heavy atom. The van der Waals surface area contributed by atoms with Crippen molar-refractivity contribution in [2.75, 3.05) is 25.5 Å². The maximum atomic E-state index is 12.6. The molecule has 2 amide bonds. The van der Waals surface area contributed by atoms with Crippen LogP contribution >= 0.6 is 11.3 Å². The molecule has 1 heterocycles. The second kappa shape index (κ2) is 11.8. The van der Waals surface area contributed by atoms with Crippen LogP contribution < -0.4 is 14.8 Å². The highest BCUT2D eigenvalue weighted by Gasteiger charge is 2.13. The van der Waals surface area contributed by atoms with Crippen LogP contribution in [-0.2, 0) is 16.2 Å². The smallest absolute Gasteiger partial charge is 0.247 e. The summed E-state index contributed by atoms with van der Waals surface area (Å²) in [7, 11) is 1.58. The summed E-state index contributed by atoms with van der Waals surface area (Å²) in [4.78, 5) is 30.7. The number of hydrogen-bond acceptors (Lipinski definition) is 6. The van der Waals surface area contributed by atoms with Crippen LogP contribution in [0.15, 0.2) is 60.0 Å². The number of anilines is 1. The molecule has 0 fully saturated rings. The molecule has 7 nitrogen and oxygen atoms in total. The van der Waals surface area contributed by atoms with E-state index in [0.717, 1.165) is 22.0 Å². The monoisotopic (exact) mass is 465 g/mol. The lowest BCUT2D eigenvalue weighted by atomic mass is 10.2. The molecule has 0 radical (unpaired) electrons. The van der Waals surface area contributed by atoms with Crippen molar-refractivity contribution in [2.24, 2.45) is 0 Å². The molecule has 2 aromatic carbocycles. The molecule has 0 saturated carbocycles. The minimum atomic E-state index is -0.263. The van der Waals surface area contributed by atoms with Gasteiger partial charge in [0.05, 0.1) is 17.8 Å². The van der Waals surface area contributed by atoms with E-state index < -0.39 is 0 Å². The zero-order chi connectivity index (χ0) is 23.6. The van der Waals surface area contributed by atoms with Crippen LogP contribution in [0.3, 0.4) is 0 Å². The molecule has 8 heteroatoms. The first-order valence-electron chi connectivity index (χ1n) is 10.5. The molecule has 0 aliphatic heterocycles. The van der Waals surface area contributed by atoms with Crippen LogP contribution in [0.1, 0.15) is 23.2 Å². The molecule has 33 heavy (non-hydrogen) atoms. The van der Waals surface area contributed by atoms with Gasteiger partial charge >= 0.3 is 0 Å². The number of aromatic nitrogens is 1. The molecule has 1 aromatic heterocycles. The van der Waals surface area contributed by atoms with Gasteiger partial charge in [-0.3, -0.25) is 9.59 Å². The fourth-order valence-corrected chi connectivity index (χ4v) is 3.57. The molecular formula is C25H27N3O4S. The largest absolute Gasteiger partial charge is 0.497 e. The first-order chi connectivity index (χ1) is 16.0. The number of nitrogens with one attached hydrogen (secondary N) is 1. The third-order valence-corrected chi connectivity index (χ3v) is 5.58. The fraction of sp³-hybridized carbons (Fsp3) is 0.240. The molecule has 0 spiro atoms. The van der Waals surface area contributed by atoms with Crippen LogP contribution in [0, 0.1) is 6.92 Å². The molecule has 0 aliphatic rings. The zero-order valence-electron chi connectivity index (χ0n) is 18.9. The van der Waals surface area contributed by atoms with Crippen molar-refractivity contribution in [2.45, 2.75) is 20.5 Å². The first-order valence-corrected chi connectivity index (χ1v) is 11.4. The lowest BCUT2D eigenvalue weighted by Gasteiger charge is -2.18. The van der Waals surface area contributed by atoms with Crippen molar-refractivity contribution in [1.29, 1.82) is 0 Å². The number of nitrogens with zero attached hydrogens (tertiary/aromatic N) is 2. The van der Waals surface area contributed by atoms with Crippen molar-refractivity contribution in [3.63, 3.8) is 0 Å². The van der Waals surface area contributed by atoms with E-state index in [1.807, 2.05) is 43.5 Å².